The molecule has 0 spiro atoms. The average Bonchev–Trinajstić information content (AvgIpc) is 2.59. The highest BCUT2D eigenvalue weighted by molar-refractivity contribution is 5.67. The molecule has 1 aromatic carbocycles. The van der Waals surface area contributed by atoms with E-state index in [1.54, 1.807) is 31.5 Å². The van der Waals surface area contributed by atoms with Gasteiger partial charge in [0.25, 0.3) is 0 Å². The van der Waals surface area contributed by atoms with E-state index in [2.05, 4.69) is 25.6 Å². The van der Waals surface area contributed by atoms with Crippen LogP contribution in [0, 0.1) is 12.7 Å². The van der Waals surface area contributed by atoms with Crippen LogP contribution in [0.25, 0.3) is 11.3 Å². The quantitative estimate of drug-likeness (QED) is 0.738. The standard InChI is InChI=1S/C18H18FN5/c1-3-21-18-23-16(13-5-4-8-20-11-13)10-17(24-18)22-14-6-7-15(19)12(2)9-14/h4-11H,3H2,1-2H3,(H2,21,22,23,24). The summed E-state index contributed by atoms with van der Waals surface area (Å²) in [6.45, 7) is 4.42. The van der Waals surface area contributed by atoms with Crippen LogP contribution in [-0.4, -0.2) is 21.5 Å². The van der Waals surface area contributed by atoms with Crippen molar-refractivity contribution in [3.8, 4) is 11.3 Å². The third-order valence-corrected chi connectivity index (χ3v) is 3.45. The lowest BCUT2D eigenvalue weighted by Crippen LogP contribution is -2.05. The number of nitrogens with one attached hydrogen (secondary N) is 2. The molecule has 0 aliphatic carbocycles. The lowest BCUT2D eigenvalue weighted by Gasteiger charge is -2.11. The minimum absolute atomic E-state index is 0.229. The van der Waals surface area contributed by atoms with Crippen molar-refractivity contribution in [3.63, 3.8) is 0 Å². The molecule has 0 amide bonds. The van der Waals surface area contributed by atoms with Crippen LogP contribution in [0.3, 0.4) is 0 Å². The number of anilines is 3. The first-order valence-electron chi connectivity index (χ1n) is 7.72. The van der Waals surface area contributed by atoms with Crippen molar-refractivity contribution in [2.75, 3.05) is 17.2 Å². The second-order valence-electron chi connectivity index (χ2n) is 5.32. The maximum Gasteiger partial charge on any atom is 0.225 e. The van der Waals surface area contributed by atoms with Crippen LogP contribution in [0.5, 0.6) is 0 Å². The van der Waals surface area contributed by atoms with Crippen molar-refractivity contribution in [1.29, 1.82) is 0 Å². The second-order valence-corrected chi connectivity index (χ2v) is 5.32. The molecule has 0 fully saturated rings. The lowest BCUT2D eigenvalue weighted by atomic mass is 10.2. The third kappa shape index (κ3) is 3.65. The molecule has 2 aromatic heterocycles. The molecule has 2 heterocycles. The molecule has 0 aliphatic heterocycles. The van der Waals surface area contributed by atoms with E-state index in [-0.39, 0.29) is 5.82 Å². The molecule has 0 atom stereocenters. The van der Waals surface area contributed by atoms with Crippen molar-refractivity contribution in [3.05, 3.63) is 60.2 Å². The molecule has 122 valence electrons. The average molecular weight is 323 g/mol. The highest BCUT2D eigenvalue weighted by Crippen LogP contribution is 2.24. The van der Waals surface area contributed by atoms with Crippen LogP contribution in [-0.2, 0) is 0 Å². The Balaban J connectivity index is 1.97. The molecule has 2 N–H and O–H groups in total. The maximum atomic E-state index is 13.4. The Morgan fingerprint density at radius 2 is 2.00 bits per heavy atom. The highest BCUT2D eigenvalue weighted by Gasteiger charge is 2.08. The van der Waals surface area contributed by atoms with Gasteiger partial charge in [-0.2, -0.15) is 4.98 Å². The van der Waals surface area contributed by atoms with Gasteiger partial charge in [0.1, 0.15) is 11.6 Å². The molecular formula is C18H18FN5. The third-order valence-electron chi connectivity index (χ3n) is 3.45. The Bertz CT molecular complexity index is 836. The Morgan fingerprint density at radius 1 is 1.12 bits per heavy atom. The monoisotopic (exact) mass is 323 g/mol. The first-order chi connectivity index (χ1) is 11.7. The predicted octanol–water partition coefficient (Wildman–Crippen LogP) is 4.16. The second kappa shape index (κ2) is 7.04. The van der Waals surface area contributed by atoms with Gasteiger partial charge in [-0.05, 0) is 49.7 Å². The highest BCUT2D eigenvalue weighted by atomic mass is 19.1. The number of aryl methyl sites for hydroxylation is 1. The van der Waals surface area contributed by atoms with Crippen LogP contribution in [0.4, 0.5) is 21.8 Å². The molecule has 5 nitrogen and oxygen atoms in total. The van der Waals surface area contributed by atoms with Gasteiger partial charge in [0.15, 0.2) is 0 Å². The summed E-state index contributed by atoms with van der Waals surface area (Å²) >= 11 is 0. The molecule has 0 radical (unpaired) electrons. The molecule has 3 rings (SSSR count). The first-order valence-corrected chi connectivity index (χ1v) is 7.72. The summed E-state index contributed by atoms with van der Waals surface area (Å²) in [5, 5.41) is 6.32. The van der Waals surface area contributed by atoms with E-state index in [0.29, 0.717) is 23.9 Å². The van der Waals surface area contributed by atoms with Gasteiger partial charge in [0, 0.05) is 36.3 Å². The SMILES string of the molecule is CCNc1nc(Nc2ccc(F)c(C)c2)cc(-c2cccnc2)n1. The van der Waals surface area contributed by atoms with Crippen molar-refractivity contribution in [2.24, 2.45) is 0 Å². The van der Waals surface area contributed by atoms with E-state index >= 15 is 0 Å². The van der Waals surface area contributed by atoms with Crippen molar-refractivity contribution < 1.29 is 4.39 Å². The number of hydrogen-bond donors (Lipinski definition) is 2. The summed E-state index contributed by atoms with van der Waals surface area (Å²) in [4.78, 5) is 13.1. The van der Waals surface area contributed by atoms with Gasteiger partial charge in [-0.3, -0.25) is 4.98 Å². The zero-order valence-electron chi connectivity index (χ0n) is 13.5. The Hall–Kier alpha value is -3.02. The number of hydrogen-bond acceptors (Lipinski definition) is 5. The molecule has 0 bridgehead atoms. The fourth-order valence-corrected chi connectivity index (χ4v) is 2.28. The Kier molecular flexibility index (Phi) is 4.65. The van der Waals surface area contributed by atoms with E-state index in [9.17, 15) is 4.39 Å². The van der Waals surface area contributed by atoms with Crippen molar-refractivity contribution >= 4 is 17.5 Å². The van der Waals surface area contributed by atoms with Gasteiger partial charge in [0.05, 0.1) is 5.69 Å². The van der Waals surface area contributed by atoms with Gasteiger partial charge in [0.2, 0.25) is 5.95 Å². The number of benzene rings is 1. The smallest absolute Gasteiger partial charge is 0.225 e. The zero-order chi connectivity index (χ0) is 16.9. The molecule has 6 heteroatoms. The number of aromatic nitrogens is 3. The minimum atomic E-state index is -0.229. The number of pyridine rings is 1. The van der Waals surface area contributed by atoms with E-state index in [1.807, 2.05) is 25.1 Å². The van der Waals surface area contributed by atoms with Crippen LogP contribution in [0.1, 0.15) is 12.5 Å². The first kappa shape index (κ1) is 15.9. The summed E-state index contributed by atoms with van der Waals surface area (Å²) in [6.07, 6.45) is 3.47. The van der Waals surface area contributed by atoms with Crippen LogP contribution in [0.15, 0.2) is 48.8 Å². The molecular weight excluding hydrogens is 305 g/mol. The molecule has 0 saturated heterocycles. The van der Waals surface area contributed by atoms with Crippen molar-refractivity contribution in [1.82, 2.24) is 15.0 Å². The van der Waals surface area contributed by atoms with Crippen LogP contribution >= 0.6 is 0 Å². The molecule has 0 aliphatic rings. The normalized spacial score (nSPS) is 10.5. The number of halogens is 1. The van der Waals surface area contributed by atoms with E-state index in [0.717, 1.165) is 16.9 Å². The molecule has 3 aromatic rings. The van der Waals surface area contributed by atoms with Gasteiger partial charge < -0.3 is 10.6 Å². The van der Waals surface area contributed by atoms with Crippen LogP contribution < -0.4 is 10.6 Å². The van der Waals surface area contributed by atoms with E-state index in [1.165, 1.54) is 6.07 Å². The summed E-state index contributed by atoms with van der Waals surface area (Å²) in [5.74, 6) is 0.929. The molecule has 24 heavy (non-hydrogen) atoms. The summed E-state index contributed by atoms with van der Waals surface area (Å²) in [7, 11) is 0. The maximum absolute atomic E-state index is 13.4. The summed E-state index contributed by atoms with van der Waals surface area (Å²) in [6, 6.07) is 10.5. The lowest BCUT2D eigenvalue weighted by molar-refractivity contribution is 0.619. The Labute approximate surface area is 140 Å². The van der Waals surface area contributed by atoms with Crippen molar-refractivity contribution in [2.45, 2.75) is 13.8 Å². The number of rotatable bonds is 5. The zero-order valence-corrected chi connectivity index (χ0v) is 13.5. The number of nitrogens with zero attached hydrogens (tertiary/aromatic N) is 3. The fraction of sp³-hybridized carbons (Fsp3) is 0.167. The van der Waals surface area contributed by atoms with Gasteiger partial charge in [-0.15, -0.1) is 0 Å². The predicted molar refractivity (Wildman–Crippen MR) is 93.8 cm³/mol. The van der Waals surface area contributed by atoms with Crippen LogP contribution in [0.2, 0.25) is 0 Å². The van der Waals surface area contributed by atoms with Gasteiger partial charge in [-0.1, -0.05) is 0 Å². The van der Waals surface area contributed by atoms with Gasteiger partial charge in [-0.25, -0.2) is 9.37 Å². The van der Waals surface area contributed by atoms with Gasteiger partial charge >= 0.3 is 0 Å². The van der Waals surface area contributed by atoms with E-state index < -0.39 is 0 Å². The summed E-state index contributed by atoms with van der Waals surface area (Å²) < 4.78 is 13.4. The molecule has 0 saturated carbocycles. The molecule has 0 unspecified atom stereocenters. The van der Waals surface area contributed by atoms with E-state index in [4.69, 9.17) is 0 Å². The minimum Gasteiger partial charge on any atom is -0.354 e. The summed E-state index contributed by atoms with van der Waals surface area (Å²) in [5.41, 5.74) is 3.01. The fourth-order valence-electron chi connectivity index (χ4n) is 2.28. The topological polar surface area (TPSA) is 62.7 Å². The largest absolute Gasteiger partial charge is 0.354 e. The Morgan fingerprint density at radius 3 is 2.71 bits per heavy atom.